The first kappa shape index (κ1) is 9.75. The second kappa shape index (κ2) is 6.21. The van der Waals surface area contributed by atoms with E-state index in [4.69, 9.17) is 0 Å². The van der Waals surface area contributed by atoms with E-state index in [1.54, 1.807) is 0 Å². The summed E-state index contributed by atoms with van der Waals surface area (Å²) in [6, 6.07) is 0. The lowest BCUT2D eigenvalue weighted by Gasteiger charge is -2.18. The summed E-state index contributed by atoms with van der Waals surface area (Å²) in [4.78, 5) is 2.57. The van der Waals surface area contributed by atoms with Crippen LogP contribution in [0.2, 0.25) is 0 Å². The Balaban J connectivity index is 2.09. The monoisotopic (exact) mass is 191 g/mol. The van der Waals surface area contributed by atoms with Gasteiger partial charge in [-0.15, -0.1) is 0 Å². The van der Waals surface area contributed by atoms with Crippen LogP contribution in [0.15, 0.2) is 0 Å². The molecule has 0 atom stereocenters. The van der Waals surface area contributed by atoms with E-state index in [0.29, 0.717) is 0 Å². The van der Waals surface area contributed by atoms with Gasteiger partial charge in [-0.2, -0.15) is 24.4 Å². The van der Waals surface area contributed by atoms with Crippen LogP contribution in [-0.2, 0) is 0 Å². The summed E-state index contributed by atoms with van der Waals surface area (Å²) in [6.45, 7) is 3.85. The summed E-state index contributed by atoms with van der Waals surface area (Å²) in [7, 11) is 0. The predicted molar refractivity (Wildman–Crippen MR) is 56.9 cm³/mol. The molecule has 1 rings (SSSR count). The van der Waals surface area contributed by atoms with Crippen LogP contribution in [-0.4, -0.2) is 41.8 Å². The van der Waals surface area contributed by atoms with Crippen LogP contribution in [0.3, 0.4) is 0 Å². The molecule has 11 heavy (non-hydrogen) atoms. The highest BCUT2D eigenvalue weighted by Crippen LogP contribution is 2.09. The van der Waals surface area contributed by atoms with E-state index in [9.17, 15) is 0 Å². The fourth-order valence-electron chi connectivity index (χ4n) is 1.32. The molecular formula is C8H17NS2. The van der Waals surface area contributed by atoms with Gasteiger partial charge < -0.3 is 4.90 Å². The average Bonchev–Trinajstić information content (AvgIpc) is 2.28. The summed E-state index contributed by atoms with van der Waals surface area (Å²) in [5.41, 5.74) is 0. The summed E-state index contributed by atoms with van der Waals surface area (Å²) >= 11 is 6.31. The molecule has 1 saturated heterocycles. The van der Waals surface area contributed by atoms with E-state index >= 15 is 0 Å². The molecule has 0 spiro atoms. The van der Waals surface area contributed by atoms with Gasteiger partial charge in [0.2, 0.25) is 0 Å². The Morgan fingerprint density at radius 3 is 3.00 bits per heavy atom. The maximum Gasteiger partial charge on any atom is 0.00723 e. The fraction of sp³-hybridized carbons (Fsp3) is 1.00. The highest BCUT2D eigenvalue weighted by atomic mass is 32.2. The SMILES string of the molecule is SCCCN1CCCSCC1. The van der Waals surface area contributed by atoms with Crippen LogP contribution < -0.4 is 0 Å². The van der Waals surface area contributed by atoms with Crippen LogP contribution in [0.5, 0.6) is 0 Å². The topological polar surface area (TPSA) is 3.24 Å². The van der Waals surface area contributed by atoms with Crippen molar-refractivity contribution in [3.05, 3.63) is 0 Å². The van der Waals surface area contributed by atoms with Gasteiger partial charge in [0.05, 0.1) is 0 Å². The number of thioether (sulfide) groups is 1. The normalized spacial score (nSPS) is 21.5. The maximum absolute atomic E-state index is 4.22. The van der Waals surface area contributed by atoms with Crippen LogP contribution in [0.1, 0.15) is 12.8 Å². The molecule has 0 N–H and O–H groups in total. The molecule has 1 fully saturated rings. The second-order valence-electron chi connectivity index (χ2n) is 2.88. The van der Waals surface area contributed by atoms with Gasteiger partial charge in [0.15, 0.2) is 0 Å². The minimum atomic E-state index is 1.03. The van der Waals surface area contributed by atoms with E-state index in [1.165, 1.54) is 44.0 Å². The predicted octanol–water partition coefficient (Wildman–Crippen LogP) is 1.75. The van der Waals surface area contributed by atoms with Gasteiger partial charge in [0, 0.05) is 12.3 Å². The first-order valence-electron chi connectivity index (χ1n) is 4.34. The summed E-state index contributed by atoms with van der Waals surface area (Å²) in [5.74, 6) is 3.72. The Hall–Kier alpha value is 0.660. The molecule has 3 heteroatoms. The first-order chi connectivity index (χ1) is 5.43. The summed E-state index contributed by atoms with van der Waals surface area (Å²) < 4.78 is 0. The smallest absolute Gasteiger partial charge is 0.00723 e. The number of thiol groups is 1. The molecule has 0 aromatic rings. The quantitative estimate of drug-likeness (QED) is 0.677. The second-order valence-corrected chi connectivity index (χ2v) is 4.56. The van der Waals surface area contributed by atoms with Crippen LogP contribution in [0, 0.1) is 0 Å². The van der Waals surface area contributed by atoms with Gasteiger partial charge in [0.1, 0.15) is 0 Å². The highest BCUT2D eigenvalue weighted by molar-refractivity contribution is 7.99. The van der Waals surface area contributed by atoms with Crippen molar-refractivity contribution in [3.8, 4) is 0 Å². The Labute approximate surface area is 79.3 Å². The van der Waals surface area contributed by atoms with Gasteiger partial charge in [0.25, 0.3) is 0 Å². The minimum Gasteiger partial charge on any atom is -0.302 e. The van der Waals surface area contributed by atoms with Crippen molar-refractivity contribution >= 4 is 24.4 Å². The molecule has 1 heterocycles. The van der Waals surface area contributed by atoms with E-state index < -0.39 is 0 Å². The largest absolute Gasteiger partial charge is 0.302 e. The van der Waals surface area contributed by atoms with Gasteiger partial charge in [-0.05, 0) is 37.4 Å². The number of hydrogen-bond donors (Lipinski definition) is 1. The van der Waals surface area contributed by atoms with Crippen LogP contribution in [0.4, 0.5) is 0 Å². The molecular weight excluding hydrogens is 174 g/mol. The number of rotatable bonds is 3. The fourth-order valence-corrected chi connectivity index (χ4v) is 2.38. The molecule has 0 unspecified atom stereocenters. The van der Waals surface area contributed by atoms with Gasteiger partial charge in [-0.1, -0.05) is 0 Å². The minimum absolute atomic E-state index is 1.03. The maximum atomic E-state index is 4.22. The molecule has 1 aliphatic rings. The lowest BCUT2D eigenvalue weighted by atomic mass is 10.3. The Kier molecular flexibility index (Phi) is 5.50. The van der Waals surface area contributed by atoms with Crippen LogP contribution >= 0.6 is 24.4 Å². The molecule has 1 aliphatic heterocycles. The highest BCUT2D eigenvalue weighted by Gasteiger charge is 2.07. The van der Waals surface area contributed by atoms with E-state index in [0.717, 1.165) is 5.75 Å². The molecule has 0 aromatic heterocycles. The lowest BCUT2D eigenvalue weighted by molar-refractivity contribution is 0.297. The van der Waals surface area contributed by atoms with Crippen molar-refractivity contribution in [3.63, 3.8) is 0 Å². The zero-order valence-electron chi connectivity index (χ0n) is 6.96. The Bertz CT molecular complexity index is 90.1. The van der Waals surface area contributed by atoms with Crippen molar-refractivity contribution in [1.82, 2.24) is 4.90 Å². The van der Waals surface area contributed by atoms with Crippen molar-refractivity contribution in [1.29, 1.82) is 0 Å². The number of nitrogens with zero attached hydrogens (tertiary/aromatic N) is 1. The van der Waals surface area contributed by atoms with Gasteiger partial charge in [-0.3, -0.25) is 0 Å². The average molecular weight is 191 g/mol. The van der Waals surface area contributed by atoms with Gasteiger partial charge in [-0.25, -0.2) is 0 Å². The summed E-state index contributed by atoms with van der Waals surface area (Å²) in [6.07, 6.45) is 2.62. The molecule has 1 nitrogen and oxygen atoms in total. The standard InChI is InChI=1S/C8H17NS2/c10-6-1-3-9-4-2-7-11-8-5-9/h10H,1-8H2. The number of hydrogen-bond acceptors (Lipinski definition) is 3. The van der Waals surface area contributed by atoms with Crippen molar-refractivity contribution in [2.75, 3.05) is 36.9 Å². The molecule has 0 bridgehead atoms. The van der Waals surface area contributed by atoms with Crippen LogP contribution in [0.25, 0.3) is 0 Å². The Morgan fingerprint density at radius 1 is 1.27 bits per heavy atom. The summed E-state index contributed by atoms with van der Waals surface area (Å²) in [5, 5.41) is 0. The lowest BCUT2D eigenvalue weighted by Crippen LogP contribution is -2.27. The molecule has 0 saturated carbocycles. The molecule has 66 valence electrons. The molecule has 0 amide bonds. The van der Waals surface area contributed by atoms with E-state index in [-0.39, 0.29) is 0 Å². The third-order valence-electron chi connectivity index (χ3n) is 1.95. The molecule has 0 radical (unpaired) electrons. The zero-order chi connectivity index (χ0) is 7.94. The van der Waals surface area contributed by atoms with Gasteiger partial charge >= 0.3 is 0 Å². The molecule has 0 aromatic carbocycles. The van der Waals surface area contributed by atoms with Crippen molar-refractivity contribution < 1.29 is 0 Å². The third-order valence-corrected chi connectivity index (χ3v) is 3.31. The molecule has 0 aliphatic carbocycles. The first-order valence-corrected chi connectivity index (χ1v) is 6.13. The zero-order valence-corrected chi connectivity index (χ0v) is 8.67. The van der Waals surface area contributed by atoms with E-state index in [1.807, 2.05) is 0 Å². The Morgan fingerprint density at radius 2 is 2.18 bits per heavy atom. The van der Waals surface area contributed by atoms with Crippen molar-refractivity contribution in [2.45, 2.75) is 12.8 Å². The van der Waals surface area contributed by atoms with E-state index in [2.05, 4.69) is 29.3 Å². The third kappa shape index (κ3) is 4.28. The van der Waals surface area contributed by atoms with Crippen molar-refractivity contribution in [2.24, 2.45) is 0 Å².